The van der Waals surface area contributed by atoms with Crippen LogP contribution in [0.5, 0.6) is 0 Å². The van der Waals surface area contributed by atoms with Gasteiger partial charge in [0, 0.05) is 21.0 Å². The molecule has 0 bridgehead atoms. The molecule has 0 aliphatic carbocycles. The van der Waals surface area contributed by atoms with Crippen molar-refractivity contribution >= 4 is 42.7 Å². The van der Waals surface area contributed by atoms with E-state index in [1.165, 1.54) is 15.5 Å². The maximum Gasteiger partial charge on any atom is 0.139 e. The minimum atomic E-state index is 0.878. The Hall–Kier alpha value is -3.57. The Balaban J connectivity index is 1.70. The first-order valence-corrected chi connectivity index (χ1v) is 9.86. The van der Waals surface area contributed by atoms with Gasteiger partial charge in [0.1, 0.15) is 22.5 Å². The van der Waals surface area contributed by atoms with Crippen LogP contribution in [0.2, 0.25) is 0 Å². The highest BCUT2D eigenvalue weighted by Crippen LogP contribution is 2.40. The Morgan fingerprint density at radius 2 is 1.68 bits per heavy atom. The van der Waals surface area contributed by atoms with Crippen LogP contribution < -0.4 is 0 Å². The molecule has 0 radical (unpaired) electrons. The summed E-state index contributed by atoms with van der Waals surface area (Å²) in [5, 5.41) is 2.40. The zero-order valence-electron chi connectivity index (χ0n) is 14.8. The summed E-state index contributed by atoms with van der Waals surface area (Å²) in [5.74, 6) is 0.878. The molecule has 0 unspecified atom stereocenters. The Bertz CT molecular complexity index is 1460. The fraction of sp³-hybridized carbons (Fsp3) is 0. The third-order valence-corrected chi connectivity index (χ3v) is 6.14. The SMILES string of the molecule is c1ccc(-c2cccc(-n3c4cncnc4c4c5ccccc5sc43)n2)cc1. The summed E-state index contributed by atoms with van der Waals surface area (Å²) in [6.07, 6.45) is 3.49. The van der Waals surface area contributed by atoms with Crippen LogP contribution in [0.4, 0.5) is 0 Å². The van der Waals surface area contributed by atoms with Gasteiger partial charge in [-0.15, -0.1) is 11.3 Å². The molecule has 4 aromatic heterocycles. The Morgan fingerprint density at radius 1 is 0.821 bits per heavy atom. The normalized spacial score (nSPS) is 11.6. The number of hydrogen-bond acceptors (Lipinski definition) is 4. The Labute approximate surface area is 164 Å². The van der Waals surface area contributed by atoms with Gasteiger partial charge in [0.25, 0.3) is 0 Å². The second-order valence-electron chi connectivity index (χ2n) is 6.62. The molecule has 0 spiro atoms. The molecule has 6 aromatic rings. The Kier molecular flexibility index (Phi) is 3.30. The van der Waals surface area contributed by atoms with Crippen LogP contribution >= 0.6 is 11.3 Å². The quantitative estimate of drug-likeness (QED) is 0.379. The van der Waals surface area contributed by atoms with Crippen LogP contribution in [0, 0.1) is 0 Å². The van der Waals surface area contributed by atoms with Gasteiger partial charge in [-0.3, -0.25) is 4.57 Å². The lowest BCUT2D eigenvalue weighted by Crippen LogP contribution is -1.98. The number of aromatic nitrogens is 4. The van der Waals surface area contributed by atoms with Crippen molar-refractivity contribution in [3.8, 4) is 17.1 Å². The minimum Gasteiger partial charge on any atom is -0.282 e. The molecular weight excluding hydrogens is 364 g/mol. The van der Waals surface area contributed by atoms with Crippen LogP contribution in [0.25, 0.3) is 48.4 Å². The summed E-state index contributed by atoms with van der Waals surface area (Å²) in [6.45, 7) is 0. The van der Waals surface area contributed by atoms with Gasteiger partial charge in [0.15, 0.2) is 0 Å². The van der Waals surface area contributed by atoms with Crippen LogP contribution in [-0.4, -0.2) is 19.5 Å². The lowest BCUT2D eigenvalue weighted by Gasteiger charge is -2.07. The number of fused-ring (bicyclic) bond motifs is 5. The van der Waals surface area contributed by atoms with Crippen molar-refractivity contribution in [3.63, 3.8) is 0 Å². The molecule has 28 heavy (non-hydrogen) atoms. The first-order valence-electron chi connectivity index (χ1n) is 9.05. The highest BCUT2D eigenvalue weighted by atomic mass is 32.1. The maximum absolute atomic E-state index is 4.97. The number of rotatable bonds is 2. The average Bonchev–Trinajstić information content (AvgIpc) is 3.29. The van der Waals surface area contributed by atoms with Crippen LogP contribution in [0.1, 0.15) is 0 Å². The lowest BCUT2D eigenvalue weighted by atomic mass is 10.1. The van der Waals surface area contributed by atoms with E-state index in [-0.39, 0.29) is 0 Å². The molecule has 0 aliphatic rings. The summed E-state index contributed by atoms with van der Waals surface area (Å²) >= 11 is 1.77. The first-order chi connectivity index (χ1) is 13.9. The van der Waals surface area contributed by atoms with E-state index >= 15 is 0 Å². The maximum atomic E-state index is 4.97. The summed E-state index contributed by atoms with van der Waals surface area (Å²) < 4.78 is 3.43. The van der Waals surface area contributed by atoms with Crippen molar-refractivity contribution in [1.82, 2.24) is 19.5 Å². The molecule has 2 aromatic carbocycles. The van der Waals surface area contributed by atoms with Crippen molar-refractivity contribution in [2.24, 2.45) is 0 Å². The molecule has 0 fully saturated rings. The van der Waals surface area contributed by atoms with E-state index < -0.39 is 0 Å². The van der Waals surface area contributed by atoms with Gasteiger partial charge in [0.05, 0.1) is 17.4 Å². The monoisotopic (exact) mass is 378 g/mol. The van der Waals surface area contributed by atoms with Crippen LogP contribution in [0.15, 0.2) is 85.3 Å². The molecule has 0 N–H and O–H groups in total. The number of nitrogens with zero attached hydrogens (tertiary/aromatic N) is 4. The van der Waals surface area contributed by atoms with Gasteiger partial charge in [0.2, 0.25) is 0 Å². The highest BCUT2D eigenvalue weighted by molar-refractivity contribution is 7.25. The average molecular weight is 378 g/mol. The van der Waals surface area contributed by atoms with E-state index in [2.05, 4.69) is 57.0 Å². The fourth-order valence-electron chi connectivity index (χ4n) is 3.75. The van der Waals surface area contributed by atoms with Crippen molar-refractivity contribution in [2.75, 3.05) is 0 Å². The molecule has 5 heteroatoms. The number of benzene rings is 2. The molecule has 0 saturated carbocycles. The van der Waals surface area contributed by atoms with Crippen molar-refractivity contribution in [3.05, 3.63) is 85.3 Å². The fourth-order valence-corrected chi connectivity index (χ4v) is 4.98. The van der Waals surface area contributed by atoms with Gasteiger partial charge in [-0.1, -0.05) is 54.6 Å². The van der Waals surface area contributed by atoms with E-state index in [0.717, 1.165) is 32.9 Å². The van der Waals surface area contributed by atoms with E-state index in [1.807, 2.05) is 36.5 Å². The van der Waals surface area contributed by atoms with E-state index in [1.54, 1.807) is 17.7 Å². The summed E-state index contributed by atoms with van der Waals surface area (Å²) in [4.78, 5) is 15.0. The third kappa shape index (κ3) is 2.20. The second kappa shape index (κ2) is 5.97. The molecular formula is C23H14N4S. The van der Waals surface area contributed by atoms with Gasteiger partial charge in [-0.2, -0.15) is 0 Å². The predicted molar refractivity (Wildman–Crippen MR) is 115 cm³/mol. The minimum absolute atomic E-state index is 0.878. The molecule has 0 saturated heterocycles. The molecule has 0 atom stereocenters. The number of hydrogen-bond donors (Lipinski definition) is 0. The number of thiophene rings is 1. The highest BCUT2D eigenvalue weighted by Gasteiger charge is 2.19. The zero-order valence-corrected chi connectivity index (χ0v) is 15.6. The zero-order chi connectivity index (χ0) is 18.5. The van der Waals surface area contributed by atoms with Crippen LogP contribution in [0.3, 0.4) is 0 Å². The first kappa shape index (κ1) is 15.5. The Morgan fingerprint density at radius 3 is 2.61 bits per heavy atom. The third-order valence-electron chi connectivity index (χ3n) is 4.98. The standard InChI is InChI=1S/C23H14N4S/c1-2-7-15(8-3-1)17-10-6-12-20(26-17)27-18-13-24-14-25-22(18)21-16-9-4-5-11-19(16)28-23(21)27/h1-14H. The van der Waals surface area contributed by atoms with Gasteiger partial charge in [-0.05, 0) is 18.2 Å². The van der Waals surface area contributed by atoms with Gasteiger partial charge < -0.3 is 0 Å². The second-order valence-corrected chi connectivity index (χ2v) is 7.65. The summed E-state index contributed by atoms with van der Waals surface area (Å²) in [5.41, 5.74) is 4.00. The molecule has 6 rings (SSSR count). The molecule has 4 nitrogen and oxygen atoms in total. The lowest BCUT2D eigenvalue weighted by molar-refractivity contribution is 1.08. The van der Waals surface area contributed by atoms with Gasteiger partial charge in [-0.25, -0.2) is 15.0 Å². The van der Waals surface area contributed by atoms with Crippen molar-refractivity contribution in [1.29, 1.82) is 0 Å². The van der Waals surface area contributed by atoms with Crippen LogP contribution in [-0.2, 0) is 0 Å². The topological polar surface area (TPSA) is 43.6 Å². The molecule has 4 heterocycles. The molecule has 0 amide bonds. The predicted octanol–water partition coefficient (Wildman–Crippen LogP) is 5.85. The van der Waals surface area contributed by atoms with Gasteiger partial charge >= 0.3 is 0 Å². The molecule has 132 valence electrons. The largest absolute Gasteiger partial charge is 0.282 e. The molecule has 0 aliphatic heterocycles. The smallest absolute Gasteiger partial charge is 0.139 e. The summed E-state index contributed by atoms with van der Waals surface area (Å²) in [7, 11) is 0. The van der Waals surface area contributed by atoms with E-state index in [4.69, 9.17) is 4.98 Å². The summed E-state index contributed by atoms with van der Waals surface area (Å²) in [6, 6.07) is 24.9. The van der Waals surface area contributed by atoms with Crippen molar-refractivity contribution in [2.45, 2.75) is 0 Å². The number of pyridine rings is 1. The van der Waals surface area contributed by atoms with E-state index in [0.29, 0.717) is 0 Å². The van der Waals surface area contributed by atoms with E-state index in [9.17, 15) is 0 Å². The van der Waals surface area contributed by atoms with Crippen molar-refractivity contribution < 1.29 is 0 Å².